The minimum absolute atomic E-state index is 0.158. The second-order valence-electron chi connectivity index (χ2n) is 9.42. The number of carbonyl (C=O) groups excluding carboxylic acids is 1. The van der Waals surface area contributed by atoms with Gasteiger partial charge in [-0.3, -0.25) is 9.36 Å². The number of nitrogens with one attached hydrogen (secondary N) is 2. The van der Waals surface area contributed by atoms with E-state index >= 15 is 0 Å². The first-order chi connectivity index (χ1) is 17.2. The Morgan fingerprint density at radius 3 is 2.53 bits per heavy atom. The highest BCUT2D eigenvalue weighted by Gasteiger charge is 2.16. The molecule has 0 aliphatic rings. The number of imidazole rings is 1. The number of fused-ring (bicyclic) bond motifs is 1. The molecule has 0 spiro atoms. The van der Waals surface area contributed by atoms with Crippen LogP contribution in [0.25, 0.3) is 11.2 Å². The lowest BCUT2D eigenvalue weighted by Gasteiger charge is -2.19. The maximum absolute atomic E-state index is 12.6. The van der Waals surface area contributed by atoms with Gasteiger partial charge in [0.1, 0.15) is 16.9 Å². The van der Waals surface area contributed by atoms with Crippen LogP contribution in [0.3, 0.4) is 0 Å². The summed E-state index contributed by atoms with van der Waals surface area (Å²) in [5.74, 6) is 0.615. The molecule has 0 aliphatic carbocycles. The SMILES string of the molecule is CCCCOc1nc(N)c2[nH]c(=O)n(Cc3ccc(OCCCNCC(=O)OC(C)(C)C)cc3)c2n1. The Morgan fingerprint density at radius 1 is 1.11 bits per heavy atom. The van der Waals surface area contributed by atoms with Crippen LogP contribution in [-0.4, -0.2) is 57.4 Å². The molecule has 0 amide bonds. The predicted molar refractivity (Wildman–Crippen MR) is 137 cm³/mol. The monoisotopic (exact) mass is 500 g/mol. The van der Waals surface area contributed by atoms with Crippen molar-refractivity contribution in [2.75, 3.05) is 32.0 Å². The molecule has 1 aromatic carbocycles. The zero-order chi connectivity index (χ0) is 26.1. The van der Waals surface area contributed by atoms with E-state index in [9.17, 15) is 9.59 Å². The first-order valence-corrected chi connectivity index (χ1v) is 12.2. The van der Waals surface area contributed by atoms with Gasteiger partial charge in [-0.15, -0.1) is 0 Å². The van der Waals surface area contributed by atoms with Crippen LogP contribution in [-0.2, 0) is 16.1 Å². The summed E-state index contributed by atoms with van der Waals surface area (Å²) in [4.78, 5) is 35.5. The maximum Gasteiger partial charge on any atom is 0.328 e. The number of rotatable bonds is 13. The molecule has 0 saturated heterocycles. The summed E-state index contributed by atoms with van der Waals surface area (Å²) in [6.07, 6.45) is 2.59. The maximum atomic E-state index is 12.6. The third-order valence-electron chi connectivity index (χ3n) is 5.08. The van der Waals surface area contributed by atoms with Crippen LogP contribution in [0.15, 0.2) is 29.1 Å². The number of H-pyrrole nitrogens is 1. The lowest BCUT2D eigenvalue weighted by atomic mass is 10.2. The van der Waals surface area contributed by atoms with E-state index < -0.39 is 5.60 Å². The number of hydrogen-bond acceptors (Lipinski definition) is 9. The standard InChI is InChI=1S/C25H36N6O5/c1-5-6-13-35-23-29-21(26)20-22(30-23)31(24(33)28-20)16-17-8-10-18(11-9-17)34-14-7-12-27-15-19(32)36-25(2,3)4/h8-11,27H,5-7,12-16H2,1-4H3,(H,28,33)(H2,26,29,30). The van der Waals surface area contributed by atoms with Crippen molar-refractivity contribution < 1.29 is 19.0 Å². The van der Waals surface area contributed by atoms with Gasteiger partial charge in [0.05, 0.1) is 26.3 Å². The number of aromatic amines is 1. The van der Waals surface area contributed by atoms with E-state index in [2.05, 4.69) is 27.2 Å². The molecule has 3 rings (SSSR count). The second-order valence-corrected chi connectivity index (χ2v) is 9.42. The first-order valence-electron chi connectivity index (χ1n) is 12.2. The molecular weight excluding hydrogens is 464 g/mol. The molecule has 0 radical (unpaired) electrons. The van der Waals surface area contributed by atoms with Gasteiger partial charge in [-0.05, 0) is 57.9 Å². The van der Waals surface area contributed by atoms with Gasteiger partial charge in [0.15, 0.2) is 11.5 Å². The van der Waals surface area contributed by atoms with E-state index in [1.807, 2.05) is 45.0 Å². The number of ether oxygens (including phenoxy) is 3. The van der Waals surface area contributed by atoms with Crippen molar-refractivity contribution in [1.29, 1.82) is 0 Å². The number of carbonyl (C=O) groups is 1. The van der Waals surface area contributed by atoms with Crippen molar-refractivity contribution in [1.82, 2.24) is 24.8 Å². The van der Waals surface area contributed by atoms with Crippen LogP contribution >= 0.6 is 0 Å². The van der Waals surface area contributed by atoms with E-state index in [1.54, 1.807) is 0 Å². The molecule has 3 aromatic rings. The molecule has 36 heavy (non-hydrogen) atoms. The molecule has 0 bridgehead atoms. The van der Waals surface area contributed by atoms with Crippen molar-refractivity contribution in [2.45, 2.75) is 59.1 Å². The van der Waals surface area contributed by atoms with E-state index in [-0.39, 0.29) is 30.0 Å². The van der Waals surface area contributed by atoms with Gasteiger partial charge in [0.2, 0.25) is 0 Å². The molecule has 196 valence electrons. The largest absolute Gasteiger partial charge is 0.494 e. The molecule has 0 unspecified atom stereocenters. The fourth-order valence-corrected chi connectivity index (χ4v) is 3.38. The number of esters is 1. The number of anilines is 1. The Hall–Kier alpha value is -3.60. The predicted octanol–water partition coefficient (Wildman–Crippen LogP) is 2.63. The molecule has 11 nitrogen and oxygen atoms in total. The van der Waals surface area contributed by atoms with Gasteiger partial charge in [-0.25, -0.2) is 4.79 Å². The van der Waals surface area contributed by atoms with Crippen molar-refractivity contribution in [3.63, 3.8) is 0 Å². The Morgan fingerprint density at radius 2 is 1.83 bits per heavy atom. The first kappa shape index (κ1) is 27.0. The number of nitrogen functional groups attached to an aromatic ring is 1. The number of aromatic nitrogens is 4. The van der Waals surface area contributed by atoms with Crippen molar-refractivity contribution >= 4 is 23.0 Å². The third kappa shape index (κ3) is 7.98. The van der Waals surface area contributed by atoms with Crippen molar-refractivity contribution in [3.8, 4) is 11.8 Å². The van der Waals surface area contributed by atoms with Crippen LogP contribution in [0.4, 0.5) is 5.82 Å². The normalized spacial score (nSPS) is 11.6. The summed E-state index contributed by atoms with van der Waals surface area (Å²) in [7, 11) is 0. The van der Waals surface area contributed by atoms with E-state index in [0.717, 1.165) is 30.6 Å². The average Bonchev–Trinajstić information content (AvgIpc) is 3.12. The molecule has 0 atom stereocenters. The number of nitrogens with two attached hydrogens (primary N) is 1. The fourth-order valence-electron chi connectivity index (χ4n) is 3.38. The molecule has 0 saturated carbocycles. The van der Waals surface area contributed by atoms with Crippen LogP contribution < -0.4 is 26.2 Å². The van der Waals surface area contributed by atoms with Gasteiger partial charge < -0.3 is 30.2 Å². The quantitative estimate of drug-likeness (QED) is 0.238. The average molecular weight is 501 g/mol. The van der Waals surface area contributed by atoms with Crippen LogP contribution in [0.1, 0.15) is 52.5 Å². The van der Waals surface area contributed by atoms with Crippen LogP contribution in [0.5, 0.6) is 11.8 Å². The van der Waals surface area contributed by atoms with Gasteiger partial charge in [0, 0.05) is 0 Å². The number of hydrogen-bond donors (Lipinski definition) is 3. The summed E-state index contributed by atoms with van der Waals surface area (Å²) >= 11 is 0. The van der Waals surface area contributed by atoms with E-state index in [1.165, 1.54) is 4.57 Å². The fraction of sp³-hybridized carbons (Fsp3) is 0.520. The molecule has 4 N–H and O–H groups in total. The number of unbranched alkanes of at least 4 members (excludes halogenated alkanes) is 1. The Bertz CT molecular complexity index is 1200. The molecule has 2 heterocycles. The summed E-state index contributed by atoms with van der Waals surface area (Å²) in [6, 6.07) is 7.65. The van der Waals surface area contributed by atoms with Gasteiger partial charge in [-0.2, -0.15) is 9.97 Å². The number of nitrogens with zero attached hydrogens (tertiary/aromatic N) is 3. The Balaban J connectivity index is 1.52. The summed E-state index contributed by atoms with van der Waals surface area (Å²) in [5.41, 5.74) is 6.90. The van der Waals surface area contributed by atoms with E-state index in [0.29, 0.717) is 37.5 Å². The lowest BCUT2D eigenvalue weighted by Crippen LogP contribution is -2.32. The second kappa shape index (κ2) is 12.4. The minimum atomic E-state index is -0.483. The van der Waals surface area contributed by atoms with Crippen molar-refractivity contribution in [3.05, 3.63) is 40.3 Å². The van der Waals surface area contributed by atoms with Gasteiger partial charge in [-0.1, -0.05) is 25.5 Å². The van der Waals surface area contributed by atoms with Crippen molar-refractivity contribution in [2.24, 2.45) is 0 Å². The summed E-state index contributed by atoms with van der Waals surface area (Å²) in [6.45, 7) is 9.68. The lowest BCUT2D eigenvalue weighted by molar-refractivity contribution is -0.153. The smallest absolute Gasteiger partial charge is 0.328 e. The topological polar surface area (TPSA) is 146 Å². The highest BCUT2D eigenvalue weighted by Crippen LogP contribution is 2.19. The minimum Gasteiger partial charge on any atom is -0.494 e. The molecular formula is C25H36N6O5. The molecule has 2 aromatic heterocycles. The highest BCUT2D eigenvalue weighted by atomic mass is 16.6. The van der Waals surface area contributed by atoms with Gasteiger partial charge in [0.25, 0.3) is 0 Å². The van der Waals surface area contributed by atoms with E-state index in [4.69, 9.17) is 19.9 Å². The molecule has 0 aliphatic heterocycles. The highest BCUT2D eigenvalue weighted by molar-refractivity contribution is 5.82. The zero-order valence-electron chi connectivity index (χ0n) is 21.4. The van der Waals surface area contributed by atoms with Gasteiger partial charge >= 0.3 is 17.7 Å². The number of benzene rings is 1. The Kier molecular flexibility index (Phi) is 9.29. The van der Waals surface area contributed by atoms with Crippen LogP contribution in [0, 0.1) is 0 Å². The molecule has 0 fully saturated rings. The summed E-state index contributed by atoms with van der Waals surface area (Å²) in [5, 5.41) is 3.05. The van der Waals surface area contributed by atoms with Crippen LogP contribution in [0.2, 0.25) is 0 Å². The third-order valence-corrected chi connectivity index (χ3v) is 5.08. The molecule has 11 heteroatoms. The summed E-state index contributed by atoms with van der Waals surface area (Å²) < 4.78 is 18.1. The Labute approximate surface area is 210 Å². The zero-order valence-corrected chi connectivity index (χ0v) is 21.4.